The number of hydrogen-bond donors (Lipinski definition) is 2. The van der Waals surface area contributed by atoms with Gasteiger partial charge in [-0.1, -0.05) is 13.8 Å². The van der Waals surface area contributed by atoms with Gasteiger partial charge in [-0.15, -0.1) is 4.09 Å². The summed E-state index contributed by atoms with van der Waals surface area (Å²) in [4.78, 5) is 8.79. The lowest BCUT2D eigenvalue weighted by atomic mass is 9.94. The van der Waals surface area contributed by atoms with Gasteiger partial charge in [0.2, 0.25) is 0 Å². The summed E-state index contributed by atoms with van der Waals surface area (Å²) in [6.07, 6.45) is 13.1. The summed E-state index contributed by atoms with van der Waals surface area (Å²) in [6.45, 7) is 4.02. The largest absolute Gasteiger partial charge is 0.301 e. The summed E-state index contributed by atoms with van der Waals surface area (Å²) in [7, 11) is -4.11. The quantitative estimate of drug-likeness (QED) is 0.392. The summed E-state index contributed by atoms with van der Waals surface area (Å²) in [5.41, 5.74) is 5.51. The van der Waals surface area contributed by atoms with E-state index >= 15 is 0 Å². The van der Waals surface area contributed by atoms with Crippen molar-refractivity contribution in [3.05, 3.63) is 67.3 Å². The first-order chi connectivity index (χ1) is 16.4. The number of pyridine rings is 2. The van der Waals surface area contributed by atoms with Gasteiger partial charge < -0.3 is 0 Å². The SMILES string of the molecule is CC(C)c1c(-c2cn[nH]c2)cnc2cnn(S(=O)(=O)c3cnc4ccc(-c5cn[nH]c5)cn34)c12. The molecule has 0 aliphatic carbocycles. The second-order valence-corrected chi connectivity index (χ2v) is 9.90. The highest BCUT2D eigenvalue weighted by atomic mass is 32.2. The average Bonchev–Trinajstić information content (AvgIpc) is 3.62. The van der Waals surface area contributed by atoms with Crippen LogP contribution in [0.25, 0.3) is 38.9 Å². The molecule has 0 saturated carbocycles. The van der Waals surface area contributed by atoms with Crippen LogP contribution in [0.1, 0.15) is 25.3 Å². The summed E-state index contributed by atoms with van der Waals surface area (Å²) in [5.74, 6) is -0.00377. The van der Waals surface area contributed by atoms with Crippen LogP contribution >= 0.6 is 0 Å². The molecular formula is C22H19N9O2S. The molecule has 0 aromatic carbocycles. The monoisotopic (exact) mass is 473 g/mol. The molecule has 0 atom stereocenters. The Morgan fingerprint density at radius 3 is 2.35 bits per heavy atom. The first kappa shape index (κ1) is 20.3. The third kappa shape index (κ3) is 2.95. The van der Waals surface area contributed by atoms with Gasteiger partial charge in [-0.3, -0.25) is 19.6 Å². The van der Waals surface area contributed by atoms with Crippen LogP contribution in [0.3, 0.4) is 0 Å². The standard InChI is InChI=1S/C22H19N9O2S/c1-13(2)21-17(16-7-27-28-8-16)9-23-18-10-29-31(22(18)21)34(32,33)20-11-24-19-4-3-14(12-30(19)20)15-5-25-26-6-15/h3-13H,1-2H3,(H,25,26)(H,27,28). The number of nitrogens with one attached hydrogen (secondary N) is 2. The van der Waals surface area contributed by atoms with Gasteiger partial charge in [0.05, 0.1) is 24.8 Å². The van der Waals surface area contributed by atoms with Crippen molar-refractivity contribution < 1.29 is 8.42 Å². The lowest BCUT2D eigenvalue weighted by Crippen LogP contribution is -2.17. The number of H-pyrrole nitrogens is 2. The third-order valence-electron chi connectivity index (χ3n) is 5.78. The molecule has 2 N–H and O–H groups in total. The maximum Gasteiger partial charge on any atom is 0.301 e. The topological polar surface area (TPSA) is 140 Å². The van der Waals surface area contributed by atoms with Crippen LogP contribution in [0.4, 0.5) is 0 Å². The van der Waals surface area contributed by atoms with Crippen molar-refractivity contribution in [3.63, 3.8) is 0 Å². The molecule has 0 amide bonds. The Kier molecular flexibility index (Phi) is 4.39. The van der Waals surface area contributed by atoms with Crippen molar-refractivity contribution in [2.24, 2.45) is 0 Å². The van der Waals surface area contributed by atoms with E-state index in [9.17, 15) is 8.42 Å². The van der Waals surface area contributed by atoms with Crippen molar-refractivity contribution in [2.75, 3.05) is 0 Å². The minimum Gasteiger partial charge on any atom is -0.288 e. The highest BCUT2D eigenvalue weighted by molar-refractivity contribution is 7.90. The first-order valence-corrected chi connectivity index (χ1v) is 12.0. The minimum absolute atomic E-state index is 0.00117. The first-order valence-electron chi connectivity index (χ1n) is 10.5. The number of hydrogen-bond acceptors (Lipinski definition) is 7. The number of nitrogens with zero attached hydrogens (tertiary/aromatic N) is 7. The highest BCUT2D eigenvalue weighted by Gasteiger charge is 2.28. The van der Waals surface area contributed by atoms with E-state index < -0.39 is 10.0 Å². The molecule has 0 saturated heterocycles. The van der Waals surface area contributed by atoms with Gasteiger partial charge in [-0.2, -0.15) is 23.7 Å². The van der Waals surface area contributed by atoms with E-state index in [1.54, 1.807) is 47.6 Å². The second kappa shape index (κ2) is 7.35. The number of fused-ring (bicyclic) bond motifs is 2. The maximum atomic E-state index is 13.9. The molecule has 0 aliphatic rings. The normalized spacial score (nSPS) is 12.3. The fraction of sp³-hybridized carbons (Fsp3) is 0.136. The predicted octanol–water partition coefficient (Wildman–Crippen LogP) is 3.22. The van der Waals surface area contributed by atoms with E-state index in [0.717, 1.165) is 31.9 Å². The van der Waals surface area contributed by atoms with Crippen LogP contribution in [0.5, 0.6) is 0 Å². The van der Waals surface area contributed by atoms with Crippen LogP contribution in [0.2, 0.25) is 0 Å². The summed E-state index contributed by atoms with van der Waals surface area (Å²) >= 11 is 0. The maximum absolute atomic E-state index is 13.9. The predicted molar refractivity (Wildman–Crippen MR) is 125 cm³/mol. The van der Waals surface area contributed by atoms with Gasteiger partial charge >= 0.3 is 10.0 Å². The van der Waals surface area contributed by atoms with Crippen LogP contribution < -0.4 is 0 Å². The zero-order chi connectivity index (χ0) is 23.4. The zero-order valence-electron chi connectivity index (χ0n) is 18.2. The van der Waals surface area contributed by atoms with Gasteiger partial charge in [0.15, 0.2) is 5.03 Å². The molecule has 12 heteroatoms. The molecule has 0 radical (unpaired) electrons. The van der Waals surface area contributed by atoms with Crippen LogP contribution in [-0.4, -0.2) is 52.4 Å². The molecule has 6 aromatic rings. The molecule has 34 heavy (non-hydrogen) atoms. The van der Waals surface area contributed by atoms with E-state index in [-0.39, 0.29) is 10.9 Å². The fourth-order valence-electron chi connectivity index (χ4n) is 4.20. The van der Waals surface area contributed by atoms with Crippen molar-refractivity contribution in [3.8, 4) is 22.3 Å². The smallest absolute Gasteiger partial charge is 0.288 e. The molecule has 0 unspecified atom stereocenters. The van der Waals surface area contributed by atoms with Crippen LogP contribution in [-0.2, 0) is 10.0 Å². The van der Waals surface area contributed by atoms with Gasteiger partial charge in [-0.05, 0) is 23.6 Å². The number of aromatic nitrogens is 9. The Labute approximate surface area is 193 Å². The zero-order valence-corrected chi connectivity index (χ0v) is 19.0. The molecule has 6 heterocycles. The van der Waals surface area contributed by atoms with Gasteiger partial charge in [0, 0.05) is 47.0 Å². The van der Waals surface area contributed by atoms with E-state index in [1.165, 1.54) is 12.4 Å². The Hall–Kier alpha value is -4.32. The molecule has 0 fully saturated rings. The molecule has 0 spiro atoms. The summed E-state index contributed by atoms with van der Waals surface area (Å²) in [6, 6.07) is 3.63. The Balaban J connectivity index is 1.60. The lowest BCUT2D eigenvalue weighted by molar-refractivity contribution is 0.577. The van der Waals surface area contributed by atoms with Crippen molar-refractivity contribution in [2.45, 2.75) is 24.8 Å². The number of rotatable bonds is 5. The van der Waals surface area contributed by atoms with E-state index in [1.807, 2.05) is 19.9 Å². The highest BCUT2D eigenvalue weighted by Crippen LogP contribution is 2.35. The second-order valence-electron chi connectivity index (χ2n) is 8.18. The summed E-state index contributed by atoms with van der Waals surface area (Å²) < 4.78 is 30.5. The van der Waals surface area contributed by atoms with E-state index in [0.29, 0.717) is 16.7 Å². The Morgan fingerprint density at radius 1 is 0.882 bits per heavy atom. The van der Waals surface area contributed by atoms with Crippen molar-refractivity contribution >= 4 is 26.7 Å². The molecular weight excluding hydrogens is 454 g/mol. The van der Waals surface area contributed by atoms with Gasteiger partial charge in [0.25, 0.3) is 0 Å². The molecule has 0 aliphatic heterocycles. The number of aromatic amines is 2. The van der Waals surface area contributed by atoms with E-state index in [2.05, 4.69) is 35.5 Å². The average molecular weight is 474 g/mol. The fourth-order valence-corrected chi connectivity index (χ4v) is 5.56. The van der Waals surface area contributed by atoms with Crippen LogP contribution in [0.15, 0.2) is 66.7 Å². The molecule has 11 nitrogen and oxygen atoms in total. The molecule has 6 rings (SSSR count). The Bertz CT molecular complexity index is 1750. The summed E-state index contributed by atoms with van der Waals surface area (Å²) in [5, 5.41) is 17.8. The molecule has 6 aromatic heterocycles. The van der Waals surface area contributed by atoms with Crippen LogP contribution in [0, 0.1) is 0 Å². The van der Waals surface area contributed by atoms with Crippen molar-refractivity contribution in [1.29, 1.82) is 0 Å². The lowest BCUT2D eigenvalue weighted by Gasteiger charge is -2.15. The molecule has 0 bridgehead atoms. The Morgan fingerprint density at radius 2 is 1.65 bits per heavy atom. The third-order valence-corrected chi connectivity index (χ3v) is 7.34. The van der Waals surface area contributed by atoms with Gasteiger partial charge in [-0.25, -0.2) is 4.98 Å². The van der Waals surface area contributed by atoms with Gasteiger partial charge in [0.1, 0.15) is 16.7 Å². The molecule has 170 valence electrons. The minimum atomic E-state index is -4.11. The van der Waals surface area contributed by atoms with E-state index in [4.69, 9.17) is 0 Å². The van der Waals surface area contributed by atoms with Crippen molar-refractivity contribution in [1.82, 2.24) is 43.9 Å². The number of imidazole rings is 1.